The lowest BCUT2D eigenvalue weighted by Gasteiger charge is -2.12. The lowest BCUT2D eigenvalue weighted by atomic mass is 10.2. The van der Waals surface area contributed by atoms with Crippen LogP contribution in [0.3, 0.4) is 0 Å². The molecular weight excluding hydrogens is 581 g/mol. The van der Waals surface area contributed by atoms with Crippen molar-refractivity contribution in [2.45, 2.75) is 4.90 Å². The largest absolute Gasteiger partial charge is 0.321 e. The SMILES string of the molecule is O=C(CSc1cccc(NC(=O)/C(=C/c2cccs2)NC(=O)c2ccccc2)c1)Nc1nc(-c2cccs2)cs1. The number of hydrogen-bond acceptors (Lipinski definition) is 8. The molecule has 0 aliphatic heterocycles. The highest BCUT2D eigenvalue weighted by molar-refractivity contribution is 8.00. The summed E-state index contributed by atoms with van der Waals surface area (Å²) in [5.41, 5.74) is 1.96. The lowest BCUT2D eigenvalue weighted by Crippen LogP contribution is -2.30. The van der Waals surface area contributed by atoms with Gasteiger partial charge in [0.05, 0.1) is 16.3 Å². The first-order valence-corrected chi connectivity index (χ1v) is 15.6. The fourth-order valence-electron chi connectivity index (χ4n) is 3.49. The summed E-state index contributed by atoms with van der Waals surface area (Å²) in [6, 6.07) is 23.6. The van der Waals surface area contributed by atoms with Crippen molar-refractivity contribution in [2.75, 3.05) is 16.4 Å². The standard InChI is InChI=1S/C29H22N4O3S4/c34-26(33-29-32-24(17-40-29)25-12-6-14-38-25)18-39-21-10-4-9-20(15-21)30-28(36)23(16-22-11-5-13-37-22)31-27(35)19-7-2-1-3-8-19/h1-17H,18H2,(H,30,36)(H,31,35)(H,32,33,34)/b23-16-. The molecule has 0 radical (unpaired) electrons. The number of rotatable bonds is 10. The lowest BCUT2D eigenvalue weighted by molar-refractivity contribution is -0.114. The van der Waals surface area contributed by atoms with Crippen LogP contribution in [0, 0.1) is 0 Å². The Labute approximate surface area is 247 Å². The van der Waals surface area contributed by atoms with E-state index >= 15 is 0 Å². The van der Waals surface area contributed by atoms with Crippen molar-refractivity contribution in [3.63, 3.8) is 0 Å². The highest BCUT2D eigenvalue weighted by atomic mass is 32.2. The summed E-state index contributed by atoms with van der Waals surface area (Å²) in [5, 5.41) is 14.8. The summed E-state index contributed by atoms with van der Waals surface area (Å²) in [6.45, 7) is 0. The van der Waals surface area contributed by atoms with Gasteiger partial charge in [-0.25, -0.2) is 4.98 Å². The Morgan fingerprint density at radius 1 is 0.850 bits per heavy atom. The van der Waals surface area contributed by atoms with Gasteiger partial charge in [0, 0.05) is 26.4 Å². The van der Waals surface area contributed by atoms with E-state index in [1.165, 1.54) is 34.4 Å². The van der Waals surface area contributed by atoms with Crippen LogP contribution in [-0.2, 0) is 9.59 Å². The minimum atomic E-state index is -0.456. The quantitative estimate of drug-likeness (QED) is 0.117. The molecule has 0 bridgehead atoms. The monoisotopic (exact) mass is 602 g/mol. The Hall–Kier alpha value is -4.03. The highest BCUT2D eigenvalue weighted by Crippen LogP contribution is 2.29. The van der Waals surface area contributed by atoms with E-state index in [0.29, 0.717) is 16.4 Å². The molecule has 2 aromatic carbocycles. The molecule has 0 atom stereocenters. The molecule has 0 spiro atoms. The fraction of sp³-hybridized carbons (Fsp3) is 0.0345. The first-order valence-electron chi connectivity index (χ1n) is 12.0. The molecule has 200 valence electrons. The zero-order chi connectivity index (χ0) is 27.7. The van der Waals surface area contributed by atoms with Crippen molar-refractivity contribution in [1.29, 1.82) is 0 Å². The van der Waals surface area contributed by atoms with E-state index < -0.39 is 5.91 Å². The normalized spacial score (nSPS) is 11.2. The van der Waals surface area contributed by atoms with E-state index in [2.05, 4.69) is 20.9 Å². The molecule has 5 aromatic rings. The summed E-state index contributed by atoms with van der Waals surface area (Å²) in [6.07, 6.45) is 1.65. The molecule has 3 amide bonds. The molecule has 0 unspecified atom stereocenters. The van der Waals surface area contributed by atoms with Crippen molar-refractivity contribution in [2.24, 2.45) is 0 Å². The smallest absolute Gasteiger partial charge is 0.272 e. The first kappa shape index (κ1) is 27.5. The van der Waals surface area contributed by atoms with Crippen molar-refractivity contribution < 1.29 is 14.4 Å². The van der Waals surface area contributed by atoms with Gasteiger partial charge < -0.3 is 16.0 Å². The maximum atomic E-state index is 13.2. The maximum Gasteiger partial charge on any atom is 0.272 e. The van der Waals surface area contributed by atoms with Gasteiger partial charge in [0.15, 0.2) is 5.13 Å². The number of amides is 3. The number of carbonyl (C=O) groups is 3. The van der Waals surface area contributed by atoms with Gasteiger partial charge in [0.1, 0.15) is 5.70 Å². The molecular formula is C29H22N4O3S4. The van der Waals surface area contributed by atoms with E-state index in [-0.39, 0.29) is 23.3 Å². The molecule has 0 saturated heterocycles. The first-order chi connectivity index (χ1) is 19.5. The second-order valence-corrected chi connectivity index (χ2v) is 12.1. The summed E-state index contributed by atoms with van der Waals surface area (Å²) in [4.78, 5) is 45.7. The Kier molecular flexibility index (Phi) is 9.19. The molecule has 3 heterocycles. The topological polar surface area (TPSA) is 100 Å². The van der Waals surface area contributed by atoms with Crippen LogP contribution in [0.25, 0.3) is 16.6 Å². The minimum Gasteiger partial charge on any atom is -0.321 e. The van der Waals surface area contributed by atoms with Crippen LogP contribution in [0.2, 0.25) is 0 Å². The van der Waals surface area contributed by atoms with Crippen LogP contribution in [0.4, 0.5) is 10.8 Å². The number of carbonyl (C=O) groups excluding carboxylic acids is 3. The van der Waals surface area contributed by atoms with Gasteiger partial charge in [-0.05, 0) is 59.3 Å². The molecule has 3 aromatic heterocycles. The molecule has 0 fully saturated rings. The number of benzene rings is 2. The maximum absolute atomic E-state index is 13.2. The number of nitrogens with one attached hydrogen (secondary N) is 3. The summed E-state index contributed by atoms with van der Waals surface area (Å²) >= 11 is 5.79. The number of thiazole rings is 1. The molecule has 11 heteroatoms. The van der Waals surface area contributed by atoms with Crippen LogP contribution in [0.15, 0.2) is 106 Å². The van der Waals surface area contributed by atoms with E-state index in [1.807, 2.05) is 52.5 Å². The third kappa shape index (κ3) is 7.54. The zero-order valence-electron chi connectivity index (χ0n) is 20.8. The van der Waals surface area contributed by atoms with Crippen LogP contribution in [0.1, 0.15) is 15.2 Å². The summed E-state index contributed by atoms with van der Waals surface area (Å²) in [7, 11) is 0. The van der Waals surface area contributed by atoms with Crippen LogP contribution < -0.4 is 16.0 Å². The average molecular weight is 603 g/mol. The van der Waals surface area contributed by atoms with E-state index in [0.717, 1.165) is 20.3 Å². The summed E-state index contributed by atoms with van der Waals surface area (Å²) < 4.78 is 0. The van der Waals surface area contributed by atoms with Crippen molar-refractivity contribution in [3.8, 4) is 10.6 Å². The molecule has 40 heavy (non-hydrogen) atoms. The van der Waals surface area contributed by atoms with Crippen molar-refractivity contribution >= 4 is 80.4 Å². The number of hydrogen-bond donors (Lipinski definition) is 3. The van der Waals surface area contributed by atoms with Gasteiger partial charge in [-0.1, -0.05) is 36.4 Å². The highest BCUT2D eigenvalue weighted by Gasteiger charge is 2.16. The second-order valence-electron chi connectivity index (χ2n) is 8.23. The van der Waals surface area contributed by atoms with Gasteiger partial charge in [-0.2, -0.15) is 0 Å². The third-order valence-electron chi connectivity index (χ3n) is 5.34. The zero-order valence-corrected chi connectivity index (χ0v) is 24.1. The fourth-order valence-corrected chi connectivity index (χ4v) is 6.39. The number of thiophene rings is 2. The second kappa shape index (κ2) is 13.4. The van der Waals surface area contributed by atoms with Crippen molar-refractivity contribution in [1.82, 2.24) is 10.3 Å². The van der Waals surface area contributed by atoms with Crippen LogP contribution >= 0.6 is 45.8 Å². The summed E-state index contributed by atoms with van der Waals surface area (Å²) in [5.74, 6) is -0.821. The molecule has 3 N–H and O–H groups in total. The van der Waals surface area contributed by atoms with E-state index in [9.17, 15) is 14.4 Å². The Bertz CT molecular complexity index is 1630. The molecule has 5 rings (SSSR count). The molecule has 7 nitrogen and oxygen atoms in total. The Morgan fingerprint density at radius 3 is 2.45 bits per heavy atom. The molecule has 0 aliphatic rings. The molecule has 0 aliphatic carbocycles. The number of nitrogens with zero attached hydrogens (tertiary/aromatic N) is 1. The average Bonchev–Trinajstić information content (AvgIpc) is 3.76. The number of thioether (sulfide) groups is 1. The molecule has 0 saturated carbocycles. The number of aromatic nitrogens is 1. The minimum absolute atomic E-state index is 0.124. The van der Waals surface area contributed by atoms with Crippen LogP contribution in [-0.4, -0.2) is 28.5 Å². The third-order valence-corrected chi connectivity index (χ3v) is 8.81. The van der Waals surface area contributed by atoms with E-state index in [1.54, 1.807) is 59.9 Å². The van der Waals surface area contributed by atoms with Gasteiger partial charge in [0.25, 0.3) is 11.8 Å². The Balaban J connectivity index is 1.20. The number of anilines is 2. The predicted octanol–water partition coefficient (Wildman–Crippen LogP) is 7.07. The predicted molar refractivity (Wildman–Crippen MR) is 166 cm³/mol. The van der Waals surface area contributed by atoms with Gasteiger partial charge in [-0.3, -0.25) is 14.4 Å². The van der Waals surface area contributed by atoms with Crippen molar-refractivity contribution in [3.05, 3.63) is 111 Å². The Morgan fingerprint density at radius 2 is 1.68 bits per heavy atom. The van der Waals surface area contributed by atoms with Gasteiger partial charge in [0.2, 0.25) is 5.91 Å². The van der Waals surface area contributed by atoms with Gasteiger partial charge in [-0.15, -0.1) is 45.8 Å². The van der Waals surface area contributed by atoms with E-state index in [4.69, 9.17) is 0 Å². The van der Waals surface area contributed by atoms with Gasteiger partial charge >= 0.3 is 0 Å². The van der Waals surface area contributed by atoms with Crippen LogP contribution in [0.5, 0.6) is 0 Å².